The van der Waals surface area contributed by atoms with Gasteiger partial charge in [-0.3, -0.25) is 0 Å². The third kappa shape index (κ3) is 8.08. The minimum absolute atomic E-state index is 0.138. The van der Waals surface area contributed by atoms with Gasteiger partial charge in [0.05, 0.1) is 13.2 Å². The highest BCUT2D eigenvalue weighted by atomic mass is 16.3. The molecule has 0 atom stereocenters. The molecule has 0 heterocycles. The first-order valence-corrected chi connectivity index (χ1v) is 5.47. The Balaban J connectivity index is 3.55. The van der Waals surface area contributed by atoms with Gasteiger partial charge in [-0.1, -0.05) is 25.8 Å². The highest BCUT2D eigenvalue weighted by Crippen LogP contribution is 2.00. The number of nitrogens with zero attached hydrogens (tertiary/aromatic N) is 1. The van der Waals surface area contributed by atoms with Crippen LogP contribution in [0.1, 0.15) is 32.6 Å². The van der Waals surface area contributed by atoms with Gasteiger partial charge in [0.25, 0.3) is 0 Å². The molecule has 2 N–H and O–H groups in total. The summed E-state index contributed by atoms with van der Waals surface area (Å²) in [4.78, 5) is 1.94. The highest BCUT2D eigenvalue weighted by Gasteiger charge is 1.95. The molecule has 0 radical (unpaired) electrons. The van der Waals surface area contributed by atoms with Crippen molar-refractivity contribution in [2.45, 2.75) is 32.6 Å². The van der Waals surface area contributed by atoms with Crippen molar-refractivity contribution < 1.29 is 10.2 Å². The van der Waals surface area contributed by atoms with E-state index in [2.05, 4.69) is 13.0 Å². The maximum atomic E-state index is 8.75. The van der Waals surface area contributed by atoms with Crippen molar-refractivity contribution in [1.82, 2.24) is 4.90 Å². The standard InChI is InChI=1S/C11H23NO2/c1-2-3-4-5-6-7-12(8-10-13)9-11-14/h6-7,13-14H,2-5,8-11H2,1H3. The second-order valence-corrected chi connectivity index (χ2v) is 3.36. The van der Waals surface area contributed by atoms with E-state index in [0.717, 1.165) is 6.42 Å². The Bertz CT molecular complexity index is 131. The Morgan fingerprint density at radius 3 is 2.21 bits per heavy atom. The maximum Gasteiger partial charge on any atom is 0.0606 e. The van der Waals surface area contributed by atoms with Gasteiger partial charge in [-0.05, 0) is 19.0 Å². The summed E-state index contributed by atoms with van der Waals surface area (Å²) >= 11 is 0. The van der Waals surface area contributed by atoms with E-state index in [1.807, 2.05) is 11.1 Å². The largest absolute Gasteiger partial charge is 0.395 e. The molecule has 0 aliphatic heterocycles. The van der Waals surface area contributed by atoms with Gasteiger partial charge in [0.2, 0.25) is 0 Å². The molecular weight excluding hydrogens is 178 g/mol. The van der Waals surface area contributed by atoms with Crippen LogP contribution >= 0.6 is 0 Å². The molecule has 14 heavy (non-hydrogen) atoms. The second kappa shape index (κ2) is 10.5. The van der Waals surface area contributed by atoms with E-state index in [9.17, 15) is 0 Å². The molecule has 0 saturated heterocycles. The number of unbranched alkanes of at least 4 members (excludes halogenated alkanes) is 3. The van der Waals surface area contributed by atoms with Gasteiger partial charge in [0.15, 0.2) is 0 Å². The van der Waals surface area contributed by atoms with Crippen LogP contribution in [-0.2, 0) is 0 Å². The lowest BCUT2D eigenvalue weighted by atomic mass is 10.2. The lowest BCUT2D eigenvalue weighted by molar-refractivity contribution is 0.198. The van der Waals surface area contributed by atoms with Gasteiger partial charge in [-0.2, -0.15) is 0 Å². The van der Waals surface area contributed by atoms with Crippen LogP contribution in [0.15, 0.2) is 12.3 Å². The van der Waals surface area contributed by atoms with Crippen molar-refractivity contribution in [3.8, 4) is 0 Å². The Hall–Kier alpha value is -0.540. The van der Waals surface area contributed by atoms with Gasteiger partial charge < -0.3 is 15.1 Å². The Morgan fingerprint density at radius 2 is 1.71 bits per heavy atom. The SMILES string of the molecule is CCCCCC=CN(CCO)CCO. The summed E-state index contributed by atoms with van der Waals surface area (Å²) in [6, 6.07) is 0. The molecule has 0 amide bonds. The smallest absolute Gasteiger partial charge is 0.0606 e. The van der Waals surface area contributed by atoms with Crippen molar-refractivity contribution in [1.29, 1.82) is 0 Å². The van der Waals surface area contributed by atoms with Crippen LogP contribution in [0.25, 0.3) is 0 Å². The molecule has 0 fully saturated rings. The van der Waals surface area contributed by atoms with Crippen LogP contribution in [0.3, 0.4) is 0 Å². The molecule has 3 heteroatoms. The molecule has 0 bridgehead atoms. The van der Waals surface area contributed by atoms with Crippen molar-refractivity contribution in [2.24, 2.45) is 0 Å². The molecule has 0 unspecified atom stereocenters. The lowest BCUT2D eigenvalue weighted by Crippen LogP contribution is -2.24. The van der Waals surface area contributed by atoms with Crippen LogP contribution in [0.2, 0.25) is 0 Å². The van der Waals surface area contributed by atoms with Gasteiger partial charge >= 0.3 is 0 Å². The lowest BCUT2D eigenvalue weighted by Gasteiger charge is -2.17. The van der Waals surface area contributed by atoms with Crippen LogP contribution < -0.4 is 0 Å². The molecule has 0 spiro atoms. The molecule has 0 aliphatic rings. The Kier molecular flexibility index (Phi) is 10.1. The van der Waals surface area contributed by atoms with Crippen LogP contribution in [0, 0.1) is 0 Å². The quantitative estimate of drug-likeness (QED) is 0.554. The summed E-state index contributed by atoms with van der Waals surface area (Å²) in [6.45, 7) is 3.67. The van der Waals surface area contributed by atoms with Crippen molar-refractivity contribution in [3.05, 3.63) is 12.3 Å². The summed E-state index contributed by atoms with van der Waals surface area (Å²) < 4.78 is 0. The van der Waals surface area contributed by atoms with E-state index in [1.54, 1.807) is 0 Å². The summed E-state index contributed by atoms with van der Waals surface area (Å²) in [5.74, 6) is 0. The maximum absolute atomic E-state index is 8.75. The fourth-order valence-corrected chi connectivity index (χ4v) is 1.25. The monoisotopic (exact) mass is 201 g/mol. The fraction of sp³-hybridized carbons (Fsp3) is 0.818. The van der Waals surface area contributed by atoms with E-state index in [-0.39, 0.29) is 13.2 Å². The number of rotatable bonds is 9. The predicted octanol–water partition coefficient (Wildman–Crippen LogP) is 1.37. The Morgan fingerprint density at radius 1 is 1.07 bits per heavy atom. The van der Waals surface area contributed by atoms with Gasteiger partial charge in [0.1, 0.15) is 0 Å². The third-order valence-electron chi connectivity index (χ3n) is 2.06. The van der Waals surface area contributed by atoms with Gasteiger partial charge in [0, 0.05) is 13.1 Å². The average Bonchev–Trinajstić information content (AvgIpc) is 2.18. The summed E-state index contributed by atoms with van der Waals surface area (Å²) in [5, 5.41) is 17.5. The number of allylic oxidation sites excluding steroid dienone is 1. The summed E-state index contributed by atoms with van der Waals surface area (Å²) in [5.41, 5.74) is 0. The van der Waals surface area contributed by atoms with Gasteiger partial charge in [-0.15, -0.1) is 0 Å². The molecule has 3 nitrogen and oxygen atoms in total. The van der Waals surface area contributed by atoms with Gasteiger partial charge in [-0.25, -0.2) is 0 Å². The first-order valence-electron chi connectivity index (χ1n) is 5.47. The van der Waals surface area contributed by atoms with E-state index < -0.39 is 0 Å². The predicted molar refractivity (Wildman–Crippen MR) is 59.0 cm³/mol. The minimum atomic E-state index is 0.138. The van der Waals surface area contributed by atoms with Crippen LogP contribution in [0.4, 0.5) is 0 Å². The molecule has 0 aromatic rings. The normalized spacial score (nSPS) is 11.1. The highest BCUT2D eigenvalue weighted by molar-refractivity contribution is 4.82. The van der Waals surface area contributed by atoms with Crippen LogP contribution in [-0.4, -0.2) is 41.4 Å². The molecule has 84 valence electrons. The molecule has 0 saturated carbocycles. The number of hydrogen-bond acceptors (Lipinski definition) is 3. The first kappa shape index (κ1) is 13.5. The number of aliphatic hydroxyl groups is 2. The van der Waals surface area contributed by atoms with Crippen molar-refractivity contribution >= 4 is 0 Å². The fourth-order valence-electron chi connectivity index (χ4n) is 1.25. The Labute approximate surface area is 87.0 Å². The van der Waals surface area contributed by atoms with Crippen molar-refractivity contribution in [2.75, 3.05) is 26.3 Å². The summed E-state index contributed by atoms with van der Waals surface area (Å²) in [6.07, 6.45) is 8.90. The van der Waals surface area contributed by atoms with E-state index in [1.165, 1.54) is 19.3 Å². The molecule has 0 aromatic carbocycles. The van der Waals surface area contributed by atoms with Crippen molar-refractivity contribution in [3.63, 3.8) is 0 Å². The summed E-state index contributed by atoms with van der Waals surface area (Å²) in [7, 11) is 0. The molecular formula is C11H23NO2. The zero-order valence-electron chi connectivity index (χ0n) is 9.15. The first-order chi connectivity index (χ1) is 6.85. The number of aliphatic hydroxyl groups excluding tert-OH is 2. The van der Waals surface area contributed by atoms with Crippen LogP contribution in [0.5, 0.6) is 0 Å². The zero-order valence-corrected chi connectivity index (χ0v) is 9.15. The van der Waals surface area contributed by atoms with E-state index in [4.69, 9.17) is 10.2 Å². The number of hydrogen-bond donors (Lipinski definition) is 2. The van der Waals surface area contributed by atoms with E-state index in [0.29, 0.717) is 13.1 Å². The third-order valence-corrected chi connectivity index (χ3v) is 2.06. The topological polar surface area (TPSA) is 43.7 Å². The second-order valence-electron chi connectivity index (χ2n) is 3.36. The molecule has 0 aliphatic carbocycles. The zero-order chi connectivity index (χ0) is 10.6. The molecule has 0 rings (SSSR count). The average molecular weight is 201 g/mol. The minimum Gasteiger partial charge on any atom is -0.395 e. The van der Waals surface area contributed by atoms with E-state index >= 15 is 0 Å². The molecule has 0 aromatic heterocycles.